The van der Waals surface area contributed by atoms with Crippen molar-refractivity contribution in [1.29, 1.82) is 0 Å². The molecule has 0 bridgehead atoms. The molecule has 4 aromatic carbocycles. The molecule has 0 spiro atoms. The fourth-order valence-corrected chi connectivity index (χ4v) is 6.15. The molecule has 4 aromatic rings. The molecule has 1 unspecified atom stereocenters. The van der Waals surface area contributed by atoms with Gasteiger partial charge in [-0.05, 0) is 79.4 Å². The van der Waals surface area contributed by atoms with E-state index in [1.807, 2.05) is 30.3 Å². The van der Waals surface area contributed by atoms with Gasteiger partial charge in [-0.3, -0.25) is 4.48 Å². The number of piperidine rings is 1. The normalized spacial score (nSPS) is 20.0. The summed E-state index contributed by atoms with van der Waals surface area (Å²) >= 11 is 0. The molecule has 6 rings (SSSR count). The summed E-state index contributed by atoms with van der Waals surface area (Å²) in [7, 11) is 3.75. The number of nitrogens with zero attached hydrogens (tertiary/aromatic N) is 1. The van der Waals surface area contributed by atoms with Crippen LogP contribution >= 0.6 is 0 Å². The van der Waals surface area contributed by atoms with E-state index in [-0.39, 0.29) is 0 Å². The number of rotatable bonds is 4. The maximum absolute atomic E-state index is 13.0. The molecule has 1 saturated heterocycles. The van der Waals surface area contributed by atoms with Crippen molar-refractivity contribution in [3.63, 3.8) is 0 Å². The fourth-order valence-electron chi connectivity index (χ4n) is 6.15. The minimum atomic E-state index is -0.881. The van der Waals surface area contributed by atoms with Crippen molar-refractivity contribution in [2.24, 2.45) is 0 Å². The van der Waals surface area contributed by atoms with Crippen LogP contribution in [-0.2, 0) is 10.3 Å². The third kappa shape index (κ3) is 4.00. The van der Waals surface area contributed by atoms with Crippen molar-refractivity contribution in [2.45, 2.75) is 31.8 Å². The molecule has 0 aliphatic carbocycles. The Morgan fingerprint density at radius 2 is 1.61 bits per heavy atom. The van der Waals surface area contributed by atoms with Gasteiger partial charge in [0, 0.05) is 16.7 Å². The van der Waals surface area contributed by atoms with Crippen LogP contribution in [0.2, 0.25) is 0 Å². The van der Waals surface area contributed by atoms with Crippen molar-refractivity contribution >= 4 is 28.5 Å². The van der Waals surface area contributed by atoms with Gasteiger partial charge in [-0.25, -0.2) is 4.79 Å². The number of likely N-dealkylation sites (tertiary alicyclic amines) is 1. The predicted molar refractivity (Wildman–Crippen MR) is 155 cm³/mol. The third-order valence-electron chi connectivity index (χ3n) is 8.37. The van der Waals surface area contributed by atoms with Gasteiger partial charge in [0.15, 0.2) is 5.60 Å². The lowest BCUT2D eigenvalue weighted by atomic mass is 9.82. The third-order valence-corrected chi connectivity index (χ3v) is 8.37. The zero-order valence-electron chi connectivity index (χ0n) is 22.4. The highest BCUT2D eigenvalue weighted by atomic mass is 16.5. The highest BCUT2D eigenvalue weighted by Crippen LogP contribution is 2.46. The lowest BCUT2D eigenvalue weighted by Crippen LogP contribution is -2.49. The van der Waals surface area contributed by atoms with Gasteiger partial charge in [0.2, 0.25) is 0 Å². The Balaban J connectivity index is 1.53. The zero-order chi connectivity index (χ0) is 26.3. The van der Waals surface area contributed by atoms with E-state index in [4.69, 9.17) is 9.47 Å². The summed E-state index contributed by atoms with van der Waals surface area (Å²) in [4.78, 5) is 13.0. The van der Waals surface area contributed by atoms with E-state index in [0.717, 1.165) is 37.5 Å². The van der Waals surface area contributed by atoms with E-state index in [0.29, 0.717) is 11.3 Å². The average molecular weight is 505 g/mol. The number of esters is 1. The first kappa shape index (κ1) is 24.4. The van der Waals surface area contributed by atoms with Crippen LogP contribution in [0.25, 0.3) is 16.8 Å². The standard InChI is InChI=1S/C34H34NO3/c1-24-12-13-25-23-31(33(36)37-3)32-29(30(25)22-24)18-19-34(38-32,26-10-6-4-7-11-26)27-14-16-28(17-15-27)35(2)20-8-5-9-21-35/h4,6-7,10-19,22-23H,5,8-9,20-21H2,1-3H3/q+1. The summed E-state index contributed by atoms with van der Waals surface area (Å²) in [6, 6.07) is 27.3. The van der Waals surface area contributed by atoms with Crippen molar-refractivity contribution < 1.29 is 14.3 Å². The van der Waals surface area contributed by atoms with Gasteiger partial charge in [0.1, 0.15) is 17.0 Å². The first-order chi connectivity index (χ1) is 18.4. The van der Waals surface area contributed by atoms with Crippen LogP contribution in [0.1, 0.15) is 51.9 Å². The van der Waals surface area contributed by atoms with Crippen molar-refractivity contribution in [1.82, 2.24) is 4.48 Å². The van der Waals surface area contributed by atoms with Crippen LogP contribution in [0.5, 0.6) is 5.75 Å². The quantitative estimate of drug-likeness (QED) is 0.214. The summed E-state index contributed by atoms with van der Waals surface area (Å²) in [5.41, 5.74) is 4.98. The maximum Gasteiger partial charge on any atom is 0.341 e. The Hall–Kier alpha value is -3.89. The molecular weight excluding hydrogens is 470 g/mol. The first-order valence-electron chi connectivity index (χ1n) is 13.5. The molecule has 192 valence electrons. The molecule has 0 amide bonds. The summed E-state index contributed by atoms with van der Waals surface area (Å²) in [5.74, 6) is 0.152. The Bertz CT molecular complexity index is 1530. The summed E-state index contributed by atoms with van der Waals surface area (Å²) in [6.07, 6.45) is 8.10. The number of hydrogen-bond acceptors (Lipinski definition) is 3. The Labute approximate surface area is 224 Å². The van der Waals surface area contributed by atoms with Crippen LogP contribution in [0.4, 0.5) is 5.69 Å². The molecule has 2 heterocycles. The lowest BCUT2D eigenvalue weighted by Gasteiger charge is -2.39. The van der Waals surface area contributed by atoms with Crippen molar-refractivity contribution in [2.75, 3.05) is 27.2 Å². The van der Waals surface area contributed by atoms with Crippen LogP contribution < -0.4 is 9.22 Å². The number of hydrogen-bond donors (Lipinski definition) is 0. The zero-order valence-corrected chi connectivity index (χ0v) is 22.4. The van der Waals surface area contributed by atoms with Crippen molar-refractivity contribution in [3.05, 3.63) is 113 Å². The molecule has 38 heavy (non-hydrogen) atoms. The number of ether oxygens (including phenoxy) is 2. The Kier molecular flexibility index (Phi) is 6.08. The number of methoxy groups -OCH3 is 1. The van der Waals surface area contributed by atoms with Crippen molar-refractivity contribution in [3.8, 4) is 5.75 Å². The van der Waals surface area contributed by atoms with E-state index in [9.17, 15) is 4.79 Å². The molecule has 0 radical (unpaired) electrons. The second-order valence-corrected chi connectivity index (χ2v) is 10.9. The highest BCUT2D eigenvalue weighted by Gasteiger charge is 2.40. The summed E-state index contributed by atoms with van der Waals surface area (Å²) in [6.45, 7) is 4.42. The van der Waals surface area contributed by atoms with Gasteiger partial charge in [0.05, 0.1) is 27.2 Å². The average Bonchev–Trinajstić information content (AvgIpc) is 2.97. The molecule has 1 fully saturated rings. The van der Waals surface area contributed by atoms with E-state index < -0.39 is 11.6 Å². The Morgan fingerprint density at radius 3 is 2.32 bits per heavy atom. The minimum Gasteiger partial charge on any atom is -0.472 e. The SMILES string of the molecule is COC(=O)c1cc2ccc(C)cc2c2c1OC(c1ccccc1)(c1ccc([N+]3(C)CCCCC3)cc1)C=C2. The van der Waals surface area contributed by atoms with Gasteiger partial charge < -0.3 is 9.47 Å². The summed E-state index contributed by atoms with van der Waals surface area (Å²) < 4.78 is 13.2. The molecule has 1 atom stereocenters. The lowest BCUT2D eigenvalue weighted by molar-refractivity contribution is 0.0589. The molecule has 2 aliphatic heterocycles. The van der Waals surface area contributed by atoms with Gasteiger partial charge >= 0.3 is 5.97 Å². The molecule has 0 aromatic heterocycles. The fraction of sp³-hybridized carbons (Fsp3) is 0.265. The number of fused-ring (bicyclic) bond motifs is 3. The monoisotopic (exact) mass is 504 g/mol. The van der Waals surface area contributed by atoms with Gasteiger partial charge in [-0.1, -0.05) is 54.1 Å². The van der Waals surface area contributed by atoms with Gasteiger partial charge in [-0.15, -0.1) is 0 Å². The number of aryl methyl sites for hydroxylation is 1. The van der Waals surface area contributed by atoms with Crippen LogP contribution in [0.3, 0.4) is 0 Å². The van der Waals surface area contributed by atoms with Crippen LogP contribution in [0, 0.1) is 6.92 Å². The maximum atomic E-state index is 13.0. The van der Waals surface area contributed by atoms with E-state index in [1.165, 1.54) is 45.1 Å². The van der Waals surface area contributed by atoms with Crippen LogP contribution in [-0.4, -0.2) is 33.2 Å². The highest BCUT2D eigenvalue weighted by molar-refractivity contribution is 6.04. The Morgan fingerprint density at radius 1 is 0.895 bits per heavy atom. The molecule has 0 N–H and O–H groups in total. The molecule has 2 aliphatic rings. The summed E-state index contributed by atoms with van der Waals surface area (Å²) in [5, 5.41) is 2.04. The molecule has 0 saturated carbocycles. The van der Waals surface area contributed by atoms with E-state index in [1.54, 1.807) is 0 Å². The number of benzene rings is 4. The van der Waals surface area contributed by atoms with Crippen LogP contribution in [0.15, 0.2) is 84.9 Å². The molecule has 4 nitrogen and oxygen atoms in total. The topological polar surface area (TPSA) is 35.5 Å². The predicted octanol–water partition coefficient (Wildman–Crippen LogP) is 7.41. The minimum absolute atomic E-state index is 0.404. The van der Waals surface area contributed by atoms with Gasteiger partial charge in [0.25, 0.3) is 0 Å². The van der Waals surface area contributed by atoms with E-state index >= 15 is 0 Å². The smallest absolute Gasteiger partial charge is 0.341 e. The largest absolute Gasteiger partial charge is 0.472 e. The van der Waals surface area contributed by atoms with E-state index in [2.05, 4.69) is 74.7 Å². The number of carbonyl (C=O) groups is 1. The second-order valence-electron chi connectivity index (χ2n) is 10.9. The molecule has 4 heteroatoms. The second kappa shape index (κ2) is 9.45. The first-order valence-corrected chi connectivity index (χ1v) is 13.5. The number of quaternary nitrogens is 1. The van der Waals surface area contributed by atoms with Gasteiger partial charge in [-0.2, -0.15) is 0 Å². The molecular formula is C34H34NO3+. The number of carbonyl (C=O) groups excluding carboxylic acids is 1.